The Kier molecular flexibility index (Phi) is 2.47. The zero-order valence-corrected chi connectivity index (χ0v) is 6.94. The normalized spacial score (nSPS) is 28.0. The third-order valence-electron chi connectivity index (χ3n) is 1.53. The summed E-state index contributed by atoms with van der Waals surface area (Å²) in [6.07, 6.45) is 1.39. The van der Waals surface area contributed by atoms with Gasteiger partial charge in [0, 0.05) is 13.0 Å². The number of esters is 1. The quantitative estimate of drug-likeness (QED) is 0.535. The molecule has 2 atom stereocenters. The van der Waals surface area contributed by atoms with Crippen molar-refractivity contribution in [2.45, 2.75) is 26.1 Å². The van der Waals surface area contributed by atoms with E-state index in [9.17, 15) is 9.59 Å². The Bertz CT molecular complexity index is 231. The minimum absolute atomic E-state index is 0.232. The lowest BCUT2D eigenvalue weighted by Crippen LogP contribution is -2.38. The molecule has 0 amide bonds. The van der Waals surface area contributed by atoms with E-state index in [1.807, 2.05) is 0 Å². The number of hydrogen-bond donors (Lipinski definition) is 0. The van der Waals surface area contributed by atoms with Gasteiger partial charge in [0.25, 0.3) is 0 Å². The second kappa shape index (κ2) is 3.38. The first-order chi connectivity index (χ1) is 5.61. The topological polar surface area (TPSA) is 52.6 Å². The fourth-order valence-electron chi connectivity index (χ4n) is 0.960. The van der Waals surface area contributed by atoms with Crippen LogP contribution in [0.5, 0.6) is 0 Å². The van der Waals surface area contributed by atoms with E-state index in [0.717, 1.165) is 0 Å². The molecule has 0 spiro atoms. The number of hydrogen-bond acceptors (Lipinski definition) is 4. The predicted molar refractivity (Wildman–Crippen MR) is 40.2 cm³/mol. The number of carbonyl (C=O) groups is 2. The smallest absolute Gasteiger partial charge is 0.303 e. The van der Waals surface area contributed by atoms with Crippen LogP contribution in [0.25, 0.3) is 0 Å². The highest BCUT2D eigenvalue weighted by atomic mass is 16.6. The molecule has 4 nitrogen and oxygen atoms in total. The first-order valence-corrected chi connectivity index (χ1v) is 3.64. The third kappa shape index (κ3) is 1.84. The van der Waals surface area contributed by atoms with Gasteiger partial charge in [-0.25, -0.2) is 0 Å². The minimum atomic E-state index is -0.785. The van der Waals surface area contributed by atoms with Crippen LogP contribution in [0.15, 0.2) is 12.3 Å². The SMILES string of the molecule is CC(=O)OC1C(=O)C=COC1C. The monoisotopic (exact) mass is 170 g/mol. The van der Waals surface area contributed by atoms with Crippen LogP contribution in [0.2, 0.25) is 0 Å². The summed E-state index contributed by atoms with van der Waals surface area (Å²) >= 11 is 0. The highest BCUT2D eigenvalue weighted by molar-refractivity contribution is 5.95. The first-order valence-electron chi connectivity index (χ1n) is 3.64. The van der Waals surface area contributed by atoms with Crippen molar-refractivity contribution in [1.29, 1.82) is 0 Å². The van der Waals surface area contributed by atoms with E-state index in [2.05, 4.69) is 0 Å². The van der Waals surface area contributed by atoms with Crippen LogP contribution in [0, 0.1) is 0 Å². The minimum Gasteiger partial charge on any atom is -0.494 e. The molecule has 0 aromatic heterocycles. The van der Waals surface area contributed by atoms with E-state index in [1.54, 1.807) is 6.92 Å². The summed E-state index contributed by atoms with van der Waals surface area (Å²) in [5.41, 5.74) is 0. The average molecular weight is 170 g/mol. The molecule has 0 aromatic carbocycles. The van der Waals surface area contributed by atoms with E-state index in [4.69, 9.17) is 9.47 Å². The summed E-state index contributed by atoms with van der Waals surface area (Å²) in [5.74, 6) is -0.706. The van der Waals surface area contributed by atoms with Gasteiger partial charge < -0.3 is 9.47 Å². The van der Waals surface area contributed by atoms with Crippen molar-refractivity contribution >= 4 is 11.8 Å². The van der Waals surface area contributed by atoms with Crippen molar-refractivity contribution in [3.8, 4) is 0 Å². The molecule has 0 saturated carbocycles. The summed E-state index contributed by atoms with van der Waals surface area (Å²) < 4.78 is 9.73. The van der Waals surface area contributed by atoms with E-state index in [0.29, 0.717) is 0 Å². The van der Waals surface area contributed by atoms with Gasteiger partial charge in [-0.05, 0) is 6.92 Å². The lowest BCUT2D eigenvalue weighted by molar-refractivity contribution is -0.159. The molecule has 4 heteroatoms. The average Bonchev–Trinajstić information content (AvgIpc) is 1.97. The third-order valence-corrected chi connectivity index (χ3v) is 1.53. The van der Waals surface area contributed by atoms with Gasteiger partial charge in [-0.3, -0.25) is 9.59 Å². The van der Waals surface area contributed by atoms with Gasteiger partial charge in [-0.15, -0.1) is 0 Å². The molecule has 0 radical (unpaired) electrons. The molecule has 0 fully saturated rings. The van der Waals surface area contributed by atoms with Gasteiger partial charge >= 0.3 is 5.97 Å². The molecule has 12 heavy (non-hydrogen) atoms. The Hall–Kier alpha value is -1.32. The maximum Gasteiger partial charge on any atom is 0.303 e. The van der Waals surface area contributed by atoms with Crippen molar-refractivity contribution in [1.82, 2.24) is 0 Å². The van der Waals surface area contributed by atoms with Crippen molar-refractivity contribution in [2.75, 3.05) is 0 Å². The molecule has 1 aliphatic heterocycles. The Labute approximate surface area is 70.1 Å². The van der Waals surface area contributed by atoms with Crippen LogP contribution in [-0.2, 0) is 19.1 Å². The maximum absolute atomic E-state index is 11.1. The van der Waals surface area contributed by atoms with E-state index in [1.165, 1.54) is 19.3 Å². The lowest BCUT2D eigenvalue weighted by atomic mass is 10.1. The Morgan fingerprint density at radius 3 is 2.83 bits per heavy atom. The van der Waals surface area contributed by atoms with Crippen LogP contribution >= 0.6 is 0 Å². The molecule has 2 unspecified atom stereocenters. The van der Waals surface area contributed by atoms with Gasteiger partial charge in [0.2, 0.25) is 5.78 Å². The largest absolute Gasteiger partial charge is 0.494 e. The molecule has 1 rings (SSSR count). The molecule has 1 heterocycles. The lowest BCUT2D eigenvalue weighted by Gasteiger charge is -2.23. The summed E-state index contributed by atoms with van der Waals surface area (Å²) in [6, 6.07) is 0. The summed E-state index contributed by atoms with van der Waals surface area (Å²) in [7, 11) is 0. The van der Waals surface area contributed by atoms with Gasteiger partial charge in [-0.2, -0.15) is 0 Å². The fourth-order valence-corrected chi connectivity index (χ4v) is 0.960. The van der Waals surface area contributed by atoms with Crippen molar-refractivity contribution in [3.63, 3.8) is 0 Å². The van der Waals surface area contributed by atoms with Crippen molar-refractivity contribution in [3.05, 3.63) is 12.3 Å². The molecule has 0 N–H and O–H groups in total. The van der Waals surface area contributed by atoms with Crippen molar-refractivity contribution in [2.24, 2.45) is 0 Å². The van der Waals surface area contributed by atoms with Crippen LogP contribution in [0.1, 0.15) is 13.8 Å². The molecule has 0 aromatic rings. The first kappa shape index (κ1) is 8.77. The van der Waals surface area contributed by atoms with E-state index >= 15 is 0 Å². The number of carbonyl (C=O) groups excluding carboxylic acids is 2. The summed E-state index contributed by atoms with van der Waals surface area (Å²) in [5, 5.41) is 0. The molecule has 0 saturated heterocycles. The maximum atomic E-state index is 11.1. The number of ketones is 1. The summed E-state index contributed by atoms with van der Waals surface area (Å²) in [4.78, 5) is 21.6. The van der Waals surface area contributed by atoms with Gasteiger partial charge in [-0.1, -0.05) is 0 Å². The highest BCUT2D eigenvalue weighted by Crippen LogP contribution is 2.11. The fraction of sp³-hybridized carbons (Fsp3) is 0.500. The van der Waals surface area contributed by atoms with Crippen LogP contribution in [-0.4, -0.2) is 24.0 Å². The Morgan fingerprint density at radius 1 is 1.67 bits per heavy atom. The van der Waals surface area contributed by atoms with Gasteiger partial charge in [0.05, 0.1) is 6.26 Å². The van der Waals surface area contributed by atoms with Crippen LogP contribution < -0.4 is 0 Å². The number of rotatable bonds is 1. The Morgan fingerprint density at radius 2 is 2.33 bits per heavy atom. The molecular weight excluding hydrogens is 160 g/mol. The van der Waals surface area contributed by atoms with Crippen LogP contribution in [0.3, 0.4) is 0 Å². The summed E-state index contributed by atoms with van der Waals surface area (Å²) in [6.45, 7) is 2.94. The van der Waals surface area contributed by atoms with Crippen LogP contribution in [0.4, 0.5) is 0 Å². The highest BCUT2D eigenvalue weighted by Gasteiger charge is 2.29. The molecule has 0 bridgehead atoms. The second-order valence-corrected chi connectivity index (χ2v) is 2.58. The van der Waals surface area contributed by atoms with Crippen molar-refractivity contribution < 1.29 is 19.1 Å². The van der Waals surface area contributed by atoms with Gasteiger partial charge in [0.1, 0.15) is 6.10 Å². The van der Waals surface area contributed by atoms with E-state index in [-0.39, 0.29) is 5.78 Å². The van der Waals surface area contributed by atoms with Gasteiger partial charge in [0.15, 0.2) is 6.10 Å². The standard InChI is InChI=1S/C8H10O4/c1-5-8(12-6(2)9)7(10)3-4-11-5/h3-5,8H,1-2H3. The van der Waals surface area contributed by atoms with E-state index < -0.39 is 18.2 Å². The zero-order chi connectivity index (χ0) is 9.14. The predicted octanol–water partition coefficient (Wildman–Crippen LogP) is 0.420. The molecule has 1 aliphatic rings. The molecule has 0 aliphatic carbocycles. The zero-order valence-electron chi connectivity index (χ0n) is 6.94. The second-order valence-electron chi connectivity index (χ2n) is 2.58. The number of ether oxygens (including phenoxy) is 2. The Balaban J connectivity index is 2.66. The molecular formula is C8H10O4. The molecule has 66 valence electrons.